The molecule has 2 aromatic rings. The van der Waals surface area contributed by atoms with Crippen molar-refractivity contribution in [3.05, 3.63) is 55.7 Å². The van der Waals surface area contributed by atoms with Crippen molar-refractivity contribution in [1.29, 1.82) is 0 Å². The molecule has 5 nitrogen and oxygen atoms in total. The second-order valence-corrected chi connectivity index (χ2v) is 5.10. The number of carbonyl (C=O) groups excluding carboxylic acids is 1. The van der Waals surface area contributed by atoms with Gasteiger partial charge in [-0.1, -0.05) is 23.2 Å². The quantitative estimate of drug-likeness (QED) is 0.895. The van der Waals surface area contributed by atoms with Crippen LogP contribution in [0.15, 0.2) is 23.0 Å². The van der Waals surface area contributed by atoms with E-state index >= 15 is 0 Å². The second kappa shape index (κ2) is 5.64. The fraction of sp³-hybridized carbons (Fsp3) is 0.154. The highest BCUT2D eigenvalue weighted by molar-refractivity contribution is 6.35. The van der Waals surface area contributed by atoms with Gasteiger partial charge in [0.05, 0.1) is 5.69 Å². The standard InChI is InChI=1S/C13H11Cl2N3O2/c1-6-11(12(19)17-7(2)16-6)13(20)18-10-4-8(14)3-9(15)5-10/h3-5H,1-2H3,(H,18,20)(H,16,17,19). The van der Waals surface area contributed by atoms with Crippen molar-refractivity contribution in [2.75, 3.05) is 5.32 Å². The van der Waals surface area contributed by atoms with Gasteiger partial charge in [-0.3, -0.25) is 9.59 Å². The highest BCUT2D eigenvalue weighted by Crippen LogP contribution is 2.22. The molecule has 1 amide bonds. The van der Waals surface area contributed by atoms with E-state index in [0.717, 1.165) is 0 Å². The van der Waals surface area contributed by atoms with Crippen molar-refractivity contribution >= 4 is 34.8 Å². The molecule has 2 N–H and O–H groups in total. The van der Waals surface area contributed by atoms with Crippen LogP contribution in [0.1, 0.15) is 21.9 Å². The molecule has 20 heavy (non-hydrogen) atoms. The summed E-state index contributed by atoms with van der Waals surface area (Å²) < 4.78 is 0. The van der Waals surface area contributed by atoms with Gasteiger partial charge in [-0.05, 0) is 32.0 Å². The van der Waals surface area contributed by atoms with Gasteiger partial charge in [0.25, 0.3) is 11.5 Å². The predicted molar refractivity (Wildman–Crippen MR) is 78.7 cm³/mol. The third-order valence-electron chi connectivity index (χ3n) is 2.57. The summed E-state index contributed by atoms with van der Waals surface area (Å²) in [5.41, 5.74) is 0.246. The number of carbonyl (C=O) groups is 1. The molecule has 0 saturated heterocycles. The second-order valence-electron chi connectivity index (χ2n) is 4.22. The fourth-order valence-electron chi connectivity index (χ4n) is 1.81. The first-order chi connectivity index (χ1) is 9.36. The lowest BCUT2D eigenvalue weighted by Gasteiger charge is -2.08. The summed E-state index contributed by atoms with van der Waals surface area (Å²) in [4.78, 5) is 30.5. The van der Waals surface area contributed by atoms with E-state index in [-0.39, 0.29) is 5.56 Å². The van der Waals surface area contributed by atoms with Crippen LogP contribution in [0.2, 0.25) is 10.0 Å². The van der Waals surface area contributed by atoms with Crippen molar-refractivity contribution < 1.29 is 4.79 Å². The topological polar surface area (TPSA) is 74.8 Å². The number of aromatic nitrogens is 2. The number of benzene rings is 1. The first-order valence-electron chi connectivity index (χ1n) is 5.72. The fourth-order valence-corrected chi connectivity index (χ4v) is 2.34. The lowest BCUT2D eigenvalue weighted by atomic mass is 10.2. The van der Waals surface area contributed by atoms with E-state index in [1.807, 2.05) is 0 Å². The molecule has 0 aliphatic rings. The van der Waals surface area contributed by atoms with Crippen LogP contribution in [0, 0.1) is 13.8 Å². The molecule has 7 heteroatoms. The molecular weight excluding hydrogens is 301 g/mol. The molecule has 0 saturated carbocycles. The Hall–Kier alpha value is -1.85. The minimum Gasteiger partial charge on any atom is -0.322 e. The van der Waals surface area contributed by atoms with Crippen molar-refractivity contribution in [3.8, 4) is 0 Å². The normalized spacial score (nSPS) is 10.4. The highest BCUT2D eigenvalue weighted by atomic mass is 35.5. The van der Waals surface area contributed by atoms with Gasteiger partial charge in [-0.25, -0.2) is 4.98 Å². The minimum atomic E-state index is -0.561. The lowest BCUT2D eigenvalue weighted by molar-refractivity contribution is 0.102. The summed E-state index contributed by atoms with van der Waals surface area (Å²) in [5.74, 6) is -0.107. The van der Waals surface area contributed by atoms with Gasteiger partial charge in [-0.2, -0.15) is 0 Å². The molecule has 0 aliphatic carbocycles. The summed E-state index contributed by atoms with van der Waals surface area (Å²) in [7, 11) is 0. The zero-order chi connectivity index (χ0) is 14.9. The van der Waals surface area contributed by atoms with Crippen molar-refractivity contribution in [3.63, 3.8) is 0 Å². The molecule has 0 unspecified atom stereocenters. The Labute approximate surface area is 125 Å². The maximum Gasteiger partial charge on any atom is 0.264 e. The number of aryl methyl sites for hydroxylation is 2. The van der Waals surface area contributed by atoms with Crippen LogP contribution in [0.25, 0.3) is 0 Å². The molecule has 1 aromatic heterocycles. The number of hydrogen-bond acceptors (Lipinski definition) is 3. The molecule has 0 aliphatic heterocycles. The Morgan fingerprint density at radius 2 is 1.80 bits per heavy atom. The summed E-state index contributed by atoms with van der Waals surface area (Å²) in [5, 5.41) is 3.35. The van der Waals surface area contributed by atoms with Crippen molar-refractivity contribution in [2.45, 2.75) is 13.8 Å². The van der Waals surface area contributed by atoms with E-state index in [0.29, 0.717) is 27.3 Å². The number of nitrogens with one attached hydrogen (secondary N) is 2. The lowest BCUT2D eigenvalue weighted by Crippen LogP contribution is -2.26. The smallest absolute Gasteiger partial charge is 0.264 e. The van der Waals surface area contributed by atoms with Crippen molar-refractivity contribution in [1.82, 2.24) is 9.97 Å². The summed E-state index contributed by atoms with van der Waals surface area (Å²) >= 11 is 11.7. The Bertz CT molecular complexity index is 721. The zero-order valence-corrected chi connectivity index (χ0v) is 12.3. The van der Waals surface area contributed by atoms with Crippen LogP contribution in [-0.4, -0.2) is 15.9 Å². The third kappa shape index (κ3) is 3.18. The van der Waals surface area contributed by atoms with Gasteiger partial charge in [0.15, 0.2) is 0 Å². The molecule has 2 rings (SSSR count). The molecule has 0 fully saturated rings. The third-order valence-corrected chi connectivity index (χ3v) is 3.00. The van der Waals surface area contributed by atoms with E-state index in [4.69, 9.17) is 23.2 Å². The first kappa shape index (κ1) is 14.6. The first-order valence-corrected chi connectivity index (χ1v) is 6.47. The molecular formula is C13H11Cl2N3O2. The monoisotopic (exact) mass is 311 g/mol. The van der Waals surface area contributed by atoms with Crippen molar-refractivity contribution in [2.24, 2.45) is 0 Å². The number of hydrogen-bond donors (Lipinski definition) is 2. The molecule has 0 radical (unpaired) electrons. The number of amides is 1. The van der Waals surface area contributed by atoms with Crippen LogP contribution >= 0.6 is 23.2 Å². The van der Waals surface area contributed by atoms with Crippen LogP contribution < -0.4 is 10.9 Å². The van der Waals surface area contributed by atoms with Crippen LogP contribution in [0.5, 0.6) is 0 Å². The molecule has 0 bridgehead atoms. The number of rotatable bonds is 2. The molecule has 1 heterocycles. The van der Waals surface area contributed by atoms with E-state index in [9.17, 15) is 9.59 Å². The van der Waals surface area contributed by atoms with Gasteiger partial charge in [0.2, 0.25) is 0 Å². The number of halogens is 2. The van der Waals surface area contributed by atoms with E-state index in [2.05, 4.69) is 15.3 Å². The molecule has 104 valence electrons. The Balaban J connectivity index is 2.36. The summed E-state index contributed by atoms with van der Waals surface area (Å²) in [6, 6.07) is 4.62. The average molecular weight is 312 g/mol. The van der Waals surface area contributed by atoms with Crippen LogP contribution in [-0.2, 0) is 0 Å². The number of aromatic amines is 1. The maximum atomic E-state index is 12.1. The predicted octanol–water partition coefficient (Wildman–Crippen LogP) is 2.95. The summed E-state index contributed by atoms with van der Waals surface area (Å²) in [6.45, 7) is 3.24. The van der Waals surface area contributed by atoms with Gasteiger partial charge in [0.1, 0.15) is 11.4 Å². The molecule has 0 atom stereocenters. The van der Waals surface area contributed by atoms with Gasteiger partial charge >= 0.3 is 0 Å². The zero-order valence-electron chi connectivity index (χ0n) is 10.8. The number of anilines is 1. The molecule has 1 aromatic carbocycles. The average Bonchev–Trinajstić information content (AvgIpc) is 2.25. The highest BCUT2D eigenvalue weighted by Gasteiger charge is 2.16. The van der Waals surface area contributed by atoms with Gasteiger partial charge in [-0.15, -0.1) is 0 Å². The summed E-state index contributed by atoms with van der Waals surface area (Å²) in [6.07, 6.45) is 0. The SMILES string of the molecule is Cc1nc(C)c(C(=O)Nc2cc(Cl)cc(Cl)c2)c(=O)[nH]1. The largest absolute Gasteiger partial charge is 0.322 e. The van der Waals surface area contributed by atoms with Gasteiger partial charge in [0, 0.05) is 15.7 Å². The maximum absolute atomic E-state index is 12.1. The Morgan fingerprint density at radius 3 is 2.35 bits per heavy atom. The molecule has 0 spiro atoms. The number of H-pyrrole nitrogens is 1. The van der Waals surface area contributed by atoms with E-state index in [1.165, 1.54) is 12.1 Å². The van der Waals surface area contributed by atoms with Crippen LogP contribution in [0.3, 0.4) is 0 Å². The van der Waals surface area contributed by atoms with E-state index < -0.39 is 11.5 Å². The Morgan fingerprint density at radius 1 is 1.20 bits per heavy atom. The van der Waals surface area contributed by atoms with Crippen LogP contribution in [0.4, 0.5) is 5.69 Å². The van der Waals surface area contributed by atoms with Gasteiger partial charge < -0.3 is 10.3 Å². The number of nitrogens with zero attached hydrogens (tertiary/aromatic N) is 1. The minimum absolute atomic E-state index is 0.0355. The van der Waals surface area contributed by atoms with E-state index in [1.54, 1.807) is 19.9 Å². The Kier molecular flexibility index (Phi) is 4.11.